The number of aromatic nitrogens is 4. The van der Waals surface area contributed by atoms with Gasteiger partial charge in [-0.1, -0.05) is 66.2 Å². The Labute approximate surface area is 312 Å². The third-order valence-corrected chi connectivity index (χ3v) is 9.81. The number of halogens is 4. The van der Waals surface area contributed by atoms with Crippen LogP contribution in [0, 0.1) is 0 Å². The van der Waals surface area contributed by atoms with Gasteiger partial charge in [0.2, 0.25) is 11.9 Å². The molecule has 12 heteroatoms. The lowest BCUT2D eigenvalue weighted by molar-refractivity contribution is -0.138. The number of rotatable bonds is 8. The minimum absolute atomic E-state index is 0.0378. The molecule has 2 fully saturated rings. The zero-order chi connectivity index (χ0) is 36.6. The predicted molar refractivity (Wildman–Crippen MR) is 209 cm³/mol. The van der Waals surface area contributed by atoms with E-state index in [9.17, 15) is 13.2 Å². The summed E-state index contributed by atoms with van der Waals surface area (Å²) < 4.78 is 39.8. The lowest BCUT2D eigenvalue weighted by atomic mass is 10.1. The average Bonchev–Trinajstić information content (AvgIpc) is 3.19. The van der Waals surface area contributed by atoms with E-state index >= 15 is 0 Å². The number of hydrogen-bond donors (Lipinski definition) is 2. The third kappa shape index (κ3) is 9.08. The van der Waals surface area contributed by atoms with Gasteiger partial charge in [0, 0.05) is 55.1 Å². The van der Waals surface area contributed by atoms with Crippen LogP contribution >= 0.6 is 11.6 Å². The standard InChI is InChI=1S/C21H21F3N4.C20H21ClN4/c22-21(23,24)17-10-4-2-8-15(17)14-25-19-16-9-3-5-11-18(16)26-20(27-19)28-12-6-1-7-13-28;21-16-8-6-7-15(13-16)14-22-19-17-9-2-3-10-18(17)23-20(24-19)25-11-4-1-5-12-25/h2-5,8-11H,1,6-7,12-14H2,(H,25,26,27);2-3,6-10,13H,1,4-5,11-12,14H2,(H,22,23,24). The van der Waals surface area contributed by atoms with Crippen LogP contribution in [0.5, 0.6) is 0 Å². The summed E-state index contributed by atoms with van der Waals surface area (Å²) in [6, 6.07) is 29.2. The fraction of sp³-hybridized carbons (Fsp3) is 0.317. The zero-order valence-electron chi connectivity index (χ0n) is 29.4. The number of fused-ring (bicyclic) bond motifs is 2. The highest BCUT2D eigenvalue weighted by Crippen LogP contribution is 2.33. The second-order valence-corrected chi connectivity index (χ2v) is 13.8. The number of nitrogens with one attached hydrogen (secondary N) is 2. The summed E-state index contributed by atoms with van der Waals surface area (Å²) in [6.07, 6.45) is 2.72. The highest BCUT2D eigenvalue weighted by atomic mass is 35.5. The predicted octanol–water partition coefficient (Wildman–Crippen LogP) is 10.1. The molecule has 0 unspecified atom stereocenters. The molecule has 4 aromatic carbocycles. The summed E-state index contributed by atoms with van der Waals surface area (Å²) in [5.74, 6) is 2.89. The van der Waals surface area contributed by atoms with E-state index in [4.69, 9.17) is 21.6 Å². The highest BCUT2D eigenvalue weighted by molar-refractivity contribution is 6.30. The topological polar surface area (TPSA) is 82.1 Å². The molecular formula is C41H42ClF3N8. The first-order valence-corrected chi connectivity index (χ1v) is 18.6. The smallest absolute Gasteiger partial charge is 0.365 e. The summed E-state index contributed by atoms with van der Waals surface area (Å²) in [7, 11) is 0. The molecule has 0 bridgehead atoms. The second kappa shape index (κ2) is 16.7. The van der Waals surface area contributed by atoms with Gasteiger partial charge in [0.15, 0.2) is 0 Å². The molecule has 6 aromatic rings. The largest absolute Gasteiger partial charge is 0.416 e. The number of piperidine rings is 2. The molecule has 0 amide bonds. The van der Waals surface area contributed by atoms with Crippen molar-refractivity contribution in [2.75, 3.05) is 46.6 Å². The quantitative estimate of drug-likeness (QED) is 0.160. The molecule has 8 rings (SSSR count). The first-order valence-electron chi connectivity index (χ1n) is 18.2. The summed E-state index contributed by atoms with van der Waals surface area (Å²) in [6.45, 7) is 4.58. The van der Waals surface area contributed by atoms with E-state index in [0.717, 1.165) is 89.2 Å². The molecule has 0 aliphatic carbocycles. The molecule has 2 aromatic heterocycles. The van der Waals surface area contributed by atoms with E-state index < -0.39 is 11.7 Å². The molecule has 274 valence electrons. The summed E-state index contributed by atoms with van der Waals surface area (Å²) in [5, 5.41) is 9.19. The minimum Gasteiger partial charge on any atom is -0.365 e. The van der Waals surface area contributed by atoms with Crippen LogP contribution in [0.3, 0.4) is 0 Å². The van der Waals surface area contributed by atoms with Crippen molar-refractivity contribution in [3.63, 3.8) is 0 Å². The summed E-state index contributed by atoms with van der Waals surface area (Å²) in [4.78, 5) is 23.4. The molecule has 0 radical (unpaired) electrons. The van der Waals surface area contributed by atoms with Crippen LogP contribution in [0.15, 0.2) is 97.1 Å². The van der Waals surface area contributed by atoms with Gasteiger partial charge in [0.05, 0.1) is 16.6 Å². The van der Waals surface area contributed by atoms with Gasteiger partial charge in [0.1, 0.15) is 11.6 Å². The molecule has 0 atom stereocenters. The fourth-order valence-corrected chi connectivity index (χ4v) is 7.04. The molecule has 0 saturated carbocycles. The summed E-state index contributed by atoms with van der Waals surface area (Å²) in [5.41, 5.74) is 2.46. The number of alkyl halides is 3. The molecule has 53 heavy (non-hydrogen) atoms. The van der Waals surface area contributed by atoms with Crippen molar-refractivity contribution in [2.45, 2.75) is 57.8 Å². The average molecular weight is 739 g/mol. The lowest BCUT2D eigenvalue weighted by Gasteiger charge is -2.27. The van der Waals surface area contributed by atoms with Gasteiger partial charge >= 0.3 is 6.18 Å². The number of para-hydroxylation sites is 2. The Morgan fingerprint density at radius 3 is 1.62 bits per heavy atom. The highest BCUT2D eigenvalue weighted by Gasteiger charge is 2.32. The van der Waals surface area contributed by atoms with Crippen molar-refractivity contribution in [1.29, 1.82) is 0 Å². The van der Waals surface area contributed by atoms with E-state index in [1.807, 2.05) is 54.6 Å². The van der Waals surface area contributed by atoms with Gasteiger partial charge in [0.25, 0.3) is 0 Å². The van der Waals surface area contributed by atoms with Gasteiger partial charge < -0.3 is 20.4 Å². The SMILES string of the molecule is Clc1cccc(CNc2nc(N3CCCCC3)nc3ccccc23)c1.FC(F)(F)c1ccccc1CNc1nc(N2CCCCC2)nc2ccccc12. The normalized spacial score (nSPS) is 14.9. The van der Waals surface area contributed by atoms with E-state index in [1.165, 1.54) is 37.8 Å². The van der Waals surface area contributed by atoms with Crippen molar-refractivity contribution in [2.24, 2.45) is 0 Å². The van der Waals surface area contributed by atoms with Crippen molar-refractivity contribution in [3.8, 4) is 0 Å². The van der Waals surface area contributed by atoms with E-state index in [-0.39, 0.29) is 12.1 Å². The summed E-state index contributed by atoms with van der Waals surface area (Å²) >= 11 is 6.09. The van der Waals surface area contributed by atoms with Gasteiger partial charge in [-0.2, -0.15) is 23.1 Å². The van der Waals surface area contributed by atoms with Gasteiger partial charge in [-0.25, -0.2) is 9.97 Å². The Morgan fingerprint density at radius 2 is 1.08 bits per heavy atom. The van der Waals surface area contributed by atoms with Crippen LogP contribution in [0.2, 0.25) is 5.02 Å². The molecule has 2 N–H and O–H groups in total. The minimum atomic E-state index is -4.38. The van der Waals surface area contributed by atoms with Crippen molar-refractivity contribution < 1.29 is 13.2 Å². The van der Waals surface area contributed by atoms with Gasteiger partial charge in [-0.3, -0.25) is 0 Å². The number of benzene rings is 4. The first-order chi connectivity index (χ1) is 25.8. The Kier molecular flexibility index (Phi) is 11.4. The zero-order valence-corrected chi connectivity index (χ0v) is 30.2. The maximum absolute atomic E-state index is 13.3. The molecule has 8 nitrogen and oxygen atoms in total. The molecule has 2 aliphatic rings. The maximum Gasteiger partial charge on any atom is 0.416 e. The number of anilines is 4. The number of hydrogen-bond acceptors (Lipinski definition) is 8. The Bertz CT molecular complexity index is 2150. The third-order valence-electron chi connectivity index (χ3n) is 9.58. The van der Waals surface area contributed by atoms with E-state index in [0.29, 0.717) is 18.3 Å². The Balaban J connectivity index is 0.000000165. The lowest BCUT2D eigenvalue weighted by Crippen LogP contribution is -2.31. The van der Waals surface area contributed by atoms with Crippen LogP contribution in [0.25, 0.3) is 21.8 Å². The molecular weight excluding hydrogens is 697 g/mol. The fourth-order valence-electron chi connectivity index (χ4n) is 6.83. The van der Waals surface area contributed by atoms with Crippen molar-refractivity contribution >= 4 is 56.9 Å². The van der Waals surface area contributed by atoms with E-state index in [2.05, 4.69) is 48.6 Å². The molecule has 2 aliphatic heterocycles. The first kappa shape index (κ1) is 36.2. The van der Waals surface area contributed by atoms with Crippen LogP contribution in [-0.2, 0) is 19.3 Å². The Hall–Kier alpha value is -5.16. The van der Waals surface area contributed by atoms with E-state index in [1.54, 1.807) is 6.07 Å². The molecule has 0 spiro atoms. The van der Waals surface area contributed by atoms with Crippen LogP contribution in [-0.4, -0.2) is 46.1 Å². The maximum atomic E-state index is 13.3. The molecule has 2 saturated heterocycles. The monoisotopic (exact) mass is 738 g/mol. The van der Waals surface area contributed by atoms with Crippen LogP contribution in [0.1, 0.15) is 55.2 Å². The van der Waals surface area contributed by atoms with Gasteiger partial charge in [-0.15, -0.1) is 0 Å². The van der Waals surface area contributed by atoms with Crippen molar-refractivity contribution in [1.82, 2.24) is 19.9 Å². The molecule has 4 heterocycles. The second-order valence-electron chi connectivity index (χ2n) is 13.4. The number of nitrogens with zero attached hydrogens (tertiary/aromatic N) is 6. The van der Waals surface area contributed by atoms with Crippen molar-refractivity contribution in [3.05, 3.63) is 119 Å². The van der Waals surface area contributed by atoms with Gasteiger partial charge in [-0.05, 0) is 92.1 Å². The van der Waals surface area contributed by atoms with Crippen LogP contribution in [0.4, 0.5) is 36.7 Å². The van der Waals surface area contributed by atoms with Crippen LogP contribution < -0.4 is 20.4 Å². The Morgan fingerprint density at radius 1 is 0.566 bits per heavy atom.